The number of benzene rings is 1. The van der Waals surface area contributed by atoms with Crippen LogP contribution in [0.5, 0.6) is 0 Å². The molecule has 148 valence electrons. The fourth-order valence-electron chi connectivity index (χ4n) is 3.21. The van der Waals surface area contributed by atoms with Crippen molar-refractivity contribution in [2.45, 2.75) is 19.8 Å². The second-order valence-electron chi connectivity index (χ2n) is 6.79. The van der Waals surface area contributed by atoms with Crippen LogP contribution < -0.4 is 10.6 Å². The van der Waals surface area contributed by atoms with Crippen molar-refractivity contribution in [1.82, 2.24) is 10.2 Å². The number of halogens is 1. The first-order valence-electron chi connectivity index (χ1n) is 9.10. The molecule has 1 saturated heterocycles. The van der Waals surface area contributed by atoms with Crippen LogP contribution in [-0.4, -0.2) is 42.3 Å². The number of piperidine rings is 1. The zero-order valence-corrected chi connectivity index (χ0v) is 17.9. The van der Waals surface area contributed by atoms with E-state index < -0.39 is 0 Å². The number of aryl methyl sites for hydroxylation is 1. The fraction of sp³-hybridized carbons (Fsp3) is 0.350. The largest absolute Gasteiger partial charge is 0.347 e. The van der Waals surface area contributed by atoms with Gasteiger partial charge in [0.2, 0.25) is 11.8 Å². The predicted molar refractivity (Wildman–Crippen MR) is 113 cm³/mol. The summed E-state index contributed by atoms with van der Waals surface area (Å²) in [4.78, 5) is 39.6. The van der Waals surface area contributed by atoms with Crippen LogP contribution in [0.4, 0.5) is 5.69 Å². The minimum absolute atomic E-state index is 0.0315. The molecule has 1 fully saturated rings. The van der Waals surface area contributed by atoms with Gasteiger partial charge in [-0.15, -0.1) is 11.3 Å². The molecule has 1 aromatic heterocycles. The molecule has 2 heterocycles. The van der Waals surface area contributed by atoms with Crippen LogP contribution in [0.2, 0.25) is 0 Å². The van der Waals surface area contributed by atoms with E-state index >= 15 is 0 Å². The normalized spacial score (nSPS) is 16.5. The lowest BCUT2D eigenvalue weighted by molar-refractivity contribution is -0.128. The highest BCUT2D eigenvalue weighted by molar-refractivity contribution is 9.10. The Morgan fingerprint density at radius 1 is 1.29 bits per heavy atom. The molecule has 1 aliphatic rings. The van der Waals surface area contributed by atoms with Gasteiger partial charge in [-0.2, -0.15) is 0 Å². The first-order valence-corrected chi connectivity index (χ1v) is 10.8. The van der Waals surface area contributed by atoms with Gasteiger partial charge in [0.15, 0.2) is 0 Å². The van der Waals surface area contributed by atoms with Gasteiger partial charge in [0, 0.05) is 23.2 Å². The molecular weight excluding hydrogens is 442 g/mol. The summed E-state index contributed by atoms with van der Waals surface area (Å²) in [5.74, 6) is -0.789. The molecule has 2 N–H and O–H groups in total. The maximum Gasteiger partial charge on any atom is 0.263 e. The van der Waals surface area contributed by atoms with Gasteiger partial charge in [0.05, 0.1) is 17.3 Å². The molecule has 2 aromatic rings. The Labute approximate surface area is 176 Å². The molecule has 0 spiro atoms. The lowest BCUT2D eigenvalue weighted by atomic mass is 9.97. The average molecular weight is 464 g/mol. The summed E-state index contributed by atoms with van der Waals surface area (Å²) in [7, 11) is 0. The molecule has 0 unspecified atom stereocenters. The molecule has 1 aliphatic heterocycles. The number of carbonyl (C=O) groups excluding carboxylic acids is 3. The summed E-state index contributed by atoms with van der Waals surface area (Å²) < 4.78 is 0.940. The first kappa shape index (κ1) is 20.5. The van der Waals surface area contributed by atoms with Crippen molar-refractivity contribution in [2.24, 2.45) is 5.92 Å². The van der Waals surface area contributed by atoms with E-state index in [4.69, 9.17) is 0 Å². The Bertz CT molecular complexity index is 870. The van der Waals surface area contributed by atoms with E-state index in [1.54, 1.807) is 11.0 Å². The summed E-state index contributed by atoms with van der Waals surface area (Å²) in [6.45, 7) is 2.85. The van der Waals surface area contributed by atoms with E-state index in [1.165, 1.54) is 11.3 Å². The highest BCUT2D eigenvalue weighted by Crippen LogP contribution is 2.21. The number of hydrogen-bond donors (Lipinski definition) is 2. The number of rotatable bonds is 5. The van der Waals surface area contributed by atoms with Crippen LogP contribution >= 0.6 is 27.3 Å². The van der Waals surface area contributed by atoms with Gasteiger partial charge in [0.25, 0.3) is 5.91 Å². The van der Waals surface area contributed by atoms with Gasteiger partial charge in [0.1, 0.15) is 0 Å². The Morgan fingerprint density at radius 2 is 2.11 bits per heavy atom. The lowest BCUT2D eigenvalue weighted by Gasteiger charge is -2.31. The van der Waals surface area contributed by atoms with Crippen molar-refractivity contribution in [2.75, 3.05) is 25.0 Å². The van der Waals surface area contributed by atoms with Crippen molar-refractivity contribution < 1.29 is 14.4 Å². The van der Waals surface area contributed by atoms with Crippen LogP contribution in [0.15, 0.2) is 40.2 Å². The monoisotopic (exact) mass is 463 g/mol. The molecule has 28 heavy (non-hydrogen) atoms. The SMILES string of the molecule is Cc1cc(Br)ccc1NC(=O)CNC(=O)[C@@H]1CCCN(C(=O)c2cccs2)C1. The van der Waals surface area contributed by atoms with E-state index in [0.717, 1.165) is 16.5 Å². The number of hydrogen-bond acceptors (Lipinski definition) is 4. The van der Waals surface area contributed by atoms with Gasteiger partial charge in [-0.1, -0.05) is 22.0 Å². The van der Waals surface area contributed by atoms with Crippen LogP contribution in [0.1, 0.15) is 28.1 Å². The van der Waals surface area contributed by atoms with Gasteiger partial charge in [-0.25, -0.2) is 0 Å². The standard InChI is InChI=1S/C20H22BrN3O3S/c1-13-10-15(21)6-7-16(13)23-18(25)11-22-19(26)14-4-2-8-24(12-14)20(27)17-5-3-9-28-17/h3,5-7,9-10,14H,2,4,8,11-12H2,1H3,(H,22,26)(H,23,25)/t14-/m1/s1. The quantitative estimate of drug-likeness (QED) is 0.712. The fourth-order valence-corrected chi connectivity index (χ4v) is 4.37. The third-order valence-corrected chi connectivity index (χ3v) is 6.05. The second kappa shape index (κ2) is 9.34. The van der Waals surface area contributed by atoms with Crippen molar-refractivity contribution >= 4 is 50.7 Å². The summed E-state index contributed by atoms with van der Waals surface area (Å²) in [5.41, 5.74) is 1.65. The zero-order valence-electron chi connectivity index (χ0n) is 15.5. The van der Waals surface area contributed by atoms with Crippen LogP contribution in [0, 0.1) is 12.8 Å². The number of anilines is 1. The summed E-state index contributed by atoms with van der Waals surface area (Å²) in [6.07, 6.45) is 1.49. The van der Waals surface area contributed by atoms with Gasteiger partial charge < -0.3 is 15.5 Å². The maximum absolute atomic E-state index is 12.5. The molecule has 3 rings (SSSR count). The van der Waals surface area contributed by atoms with Crippen molar-refractivity contribution in [1.29, 1.82) is 0 Å². The third kappa shape index (κ3) is 5.20. The van der Waals surface area contributed by atoms with Crippen LogP contribution in [0.3, 0.4) is 0 Å². The van der Waals surface area contributed by atoms with Crippen molar-refractivity contribution in [3.8, 4) is 0 Å². The Kier molecular flexibility index (Phi) is 6.85. The highest BCUT2D eigenvalue weighted by Gasteiger charge is 2.29. The molecule has 6 nitrogen and oxygen atoms in total. The summed E-state index contributed by atoms with van der Waals surface area (Å²) in [6, 6.07) is 9.22. The molecule has 1 atom stereocenters. The topological polar surface area (TPSA) is 78.5 Å². The predicted octanol–water partition coefficient (Wildman–Crippen LogP) is 3.43. The number of likely N-dealkylation sites (tertiary alicyclic amines) is 1. The molecule has 0 aliphatic carbocycles. The van der Waals surface area contributed by atoms with Crippen LogP contribution in [0.25, 0.3) is 0 Å². The van der Waals surface area contributed by atoms with E-state index in [0.29, 0.717) is 30.1 Å². The highest BCUT2D eigenvalue weighted by atomic mass is 79.9. The van der Waals surface area contributed by atoms with Gasteiger partial charge in [-0.05, 0) is 55.0 Å². The number of amides is 3. The molecular formula is C20H22BrN3O3S. The first-order chi connectivity index (χ1) is 13.4. The smallest absolute Gasteiger partial charge is 0.263 e. The Balaban J connectivity index is 1.50. The Morgan fingerprint density at radius 3 is 2.82 bits per heavy atom. The molecule has 1 aromatic carbocycles. The molecule has 0 saturated carbocycles. The van der Waals surface area contributed by atoms with Gasteiger partial charge >= 0.3 is 0 Å². The maximum atomic E-state index is 12.5. The number of nitrogens with one attached hydrogen (secondary N) is 2. The van der Waals surface area contributed by atoms with Crippen molar-refractivity contribution in [3.05, 3.63) is 50.6 Å². The zero-order chi connectivity index (χ0) is 20.1. The number of carbonyl (C=O) groups is 3. The number of nitrogens with zero attached hydrogens (tertiary/aromatic N) is 1. The molecule has 3 amide bonds. The Hall–Kier alpha value is -2.19. The molecule has 0 radical (unpaired) electrons. The van der Waals surface area contributed by atoms with E-state index in [1.807, 2.05) is 36.6 Å². The van der Waals surface area contributed by atoms with Crippen LogP contribution in [-0.2, 0) is 9.59 Å². The second-order valence-corrected chi connectivity index (χ2v) is 8.66. The van der Waals surface area contributed by atoms with E-state index in [2.05, 4.69) is 26.6 Å². The number of thiophene rings is 1. The summed E-state index contributed by atoms with van der Waals surface area (Å²) in [5, 5.41) is 7.37. The lowest BCUT2D eigenvalue weighted by Crippen LogP contribution is -2.46. The van der Waals surface area contributed by atoms with Gasteiger partial charge in [-0.3, -0.25) is 14.4 Å². The average Bonchev–Trinajstić information content (AvgIpc) is 3.22. The van der Waals surface area contributed by atoms with E-state index in [-0.39, 0.29) is 30.2 Å². The minimum Gasteiger partial charge on any atom is -0.347 e. The van der Waals surface area contributed by atoms with E-state index in [9.17, 15) is 14.4 Å². The summed E-state index contributed by atoms with van der Waals surface area (Å²) >= 11 is 4.79. The molecule has 8 heteroatoms. The van der Waals surface area contributed by atoms with Crippen molar-refractivity contribution in [3.63, 3.8) is 0 Å². The minimum atomic E-state index is -0.292. The third-order valence-electron chi connectivity index (χ3n) is 4.70. The molecule has 0 bridgehead atoms.